The zero-order chi connectivity index (χ0) is 12.6. The van der Waals surface area contributed by atoms with Crippen molar-refractivity contribution < 1.29 is 4.79 Å². The molecular formula is C12H13N5O. The predicted molar refractivity (Wildman–Crippen MR) is 67.1 cm³/mol. The number of rotatable bonds is 5. The van der Waals surface area contributed by atoms with Gasteiger partial charge in [-0.3, -0.25) is 14.8 Å². The molecule has 6 nitrogen and oxygen atoms in total. The highest BCUT2D eigenvalue weighted by atomic mass is 16.1. The lowest BCUT2D eigenvalue weighted by atomic mass is 10.3. The number of aromatic nitrogens is 3. The predicted octanol–water partition coefficient (Wildman–Crippen LogP) is 0.713. The Bertz CT molecular complexity index is 488. The van der Waals surface area contributed by atoms with E-state index < -0.39 is 0 Å². The van der Waals surface area contributed by atoms with Crippen LogP contribution in [0, 0.1) is 0 Å². The molecule has 0 saturated carbocycles. The fraction of sp³-hybridized carbons (Fsp3) is 0.167. The van der Waals surface area contributed by atoms with Crippen LogP contribution in [0.3, 0.4) is 0 Å². The van der Waals surface area contributed by atoms with Gasteiger partial charge in [-0.1, -0.05) is 0 Å². The topological polar surface area (TPSA) is 79.8 Å². The molecule has 0 saturated heterocycles. The summed E-state index contributed by atoms with van der Waals surface area (Å²) in [5.41, 5.74) is 0.553. The zero-order valence-electron chi connectivity index (χ0n) is 9.71. The molecule has 0 aliphatic rings. The van der Waals surface area contributed by atoms with Gasteiger partial charge in [-0.25, -0.2) is 4.98 Å². The lowest BCUT2D eigenvalue weighted by Gasteiger charge is -2.06. The summed E-state index contributed by atoms with van der Waals surface area (Å²) in [7, 11) is 0. The Labute approximate surface area is 105 Å². The van der Waals surface area contributed by atoms with Crippen molar-refractivity contribution in [2.45, 2.75) is 0 Å². The molecular weight excluding hydrogens is 230 g/mol. The van der Waals surface area contributed by atoms with E-state index in [9.17, 15) is 4.79 Å². The molecule has 1 amide bonds. The minimum atomic E-state index is -0.135. The third kappa shape index (κ3) is 3.51. The third-order valence-corrected chi connectivity index (χ3v) is 2.20. The fourth-order valence-electron chi connectivity index (χ4n) is 1.36. The number of carbonyl (C=O) groups is 1. The van der Waals surface area contributed by atoms with Crippen molar-refractivity contribution in [3.63, 3.8) is 0 Å². The smallest absolute Gasteiger partial charge is 0.252 e. The van der Waals surface area contributed by atoms with Crippen LogP contribution in [0.15, 0.2) is 43.1 Å². The summed E-state index contributed by atoms with van der Waals surface area (Å²) in [5, 5.41) is 5.83. The van der Waals surface area contributed by atoms with Crippen molar-refractivity contribution in [2.75, 3.05) is 18.4 Å². The number of nitrogens with zero attached hydrogens (tertiary/aromatic N) is 3. The van der Waals surface area contributed by atoms with E-state index in [1.165, 1.54) is 6.20 Å². The number of carbonyl (C=O) groups excluding carboxylic acids is 1. The minimum Gasteiger partial charge on any atom is -0.367 e. The molecule has 0 radical (unpaired) electrons. The van der Waals surface area contributed by atoms with Crippen LogP contribution in [0.4, 0.5) is 5.82 Å². The lowest BCUT2D eigenvalue weighted by Crippen LogP contribution is -2.28. The molecule has 0 aliphatic heterocycles. The van der Waals surface area contributed by atoms with Crippen molar-refractivity contribution in [3.05, 3.63) is 48.7 Å². The second-order valence-corrected chi connectivity index (χ2v) is 3.52. The maximum atomic E-state index is 11.6. The van der Waals surface area contributed by atoms with Crippen molar-refractivity contribution in [1.82, 2.24) is 20.3 Å². The van der Waals surface area contributed by atoms with Crippen LogP contribution in [0.1, 0.15) is 10.4 Å². The Kier molecular flexibility index (Phi) is 4.18. The van der Waals surface area contributed by atoms with E-state index in [2.05, 4.69) is 25.6 Å². The Hall–Kier alpha value is -2.50. The number of amides is 1. The third-order valence-electron chi connectivity index (χ3n) is 2.20. The second-order valence-electron chi connectivity index (χ2n) is 3.52. The maximum absolute atomic E-state index is 11.6. The molecule has 2 aromatic heterocycles. The van der Waals surface area contributed by atoms with Gasteiger partial charge in [0.15, 0.2) is 0 Å². The first-order valence-corrected chi connectivity index (χ1v) is 5.54. The molecule has 2 heterocycles. The molecule has 6 heteroatoms. The van der Waals surface area contributed by atoms with Gasteiger partial charge in [0.1, 0.15) is 5.82 Å². The molecule has 0 aliphatic carbocycles. The molecule has 0 spiro atoms. The SMILES string of the molecule is O=C(NCCNc1cnccn1)c1cccnc1. The summed E-state index contributed by atoms with van der Waals surface area (Å²) >= 11 is 0. The van der Waals surface area contributed by atoms with E-state index in [0.29, 0.717) is 24.5 Å². The minimum absolute atomic E-state index is 0.135. The number of hydrogen-bond acceptors (Lipinski definition) is 5. The van der Waals surface area contributed by atoms with Crippen molar-refractivity contribution in [1.29, 1.82) is 0 Å². The fourth-order valence-corrected chi connectivity index (χ4v) is 1.36. The Morgan fingerprint density at radius 3 is 2.72 bits per heavy atom. The van der Waals surface area contributed by atoms with E-state index in [0.717, 1.165) is 0 Å². The Balaban J connectivity index is 1.72. The standard InChI is InChI=1S/C12H13N5O/c18-12(10-2-1-3-13-8-10)17-7-6-16-11-9-14-4-5-15-11/h1-5,8-9H,6-7H2,(H,15,16)(H,17,18). The van der Waals surface area contributed by atoms with Crippen LogP contribution < -0.4 is 10.6 Å². The van der Waals surface area contributed by atoms with Gasteiger partial charge in [0.2, 0.25) is 0 Å². The quantitative estimate of drug-likeness (QED) is 0.756. The summed E-state index contributed by atoms with van der Waals surface area (Å²) < 4.78 is 0. The van der Waals surface area contributed by atoms with E-state index in [1.54, 1.807) is 36.9 Å². The average Bonchev–Trinajstić information content (AvgIpc) is 2.45. The highest BCUT2D eigenvalue weighted by molar-refractivity contribution is 5.93. The number of pyridine rings is 1. The van der Waals surface area contributed by atoms with E-state index in [4.69, 9.17) is 0 Å². The van der Waals surface area contributed by atoms with Crippen LogP contribution in [0.5, 0.6) is 0 Å². The van der Waals surface area contributed by atoms with Gasteiger partial charge >= 0.3 is 0 Å². The largest absolute Gasteiger partial charge is 0.367 e. The molecule has 0 unspecified atom stereocenters. The highest BCUT2D eigenvalue weighted by Gasteiger charge is 2.03. The Morgan fingerprint density at radius 2 is 2.00 bits per heavy atom. The van der Waals surface area contributed by atoms with Crippen LogP contribution in [-0.2, 0) is 0 Å². The molecule has 18 heavy (non-hydrogen) atoms. The summed E-state index contributed by atoms with van der Waals surface area (Å²) in [6.07, 6.45) is 8.01. The summed E-state index contributed by atoms with van der Waals surface area (Å²) in [6.45, 7) is 1.09. The van der Waals surface area contributed by atoms with Crippen LogP contribution in [-0.4, -0.2) is 33.9 Å². The molecule has 0 fully saturated rings. The molecule has 0 atom stereocenters. The first kappa shape index (κ1) is 12.0. The van der Waals surface area contributed by atoms with E-state index in [-0.39, 0.29) is 5.91 Å². The number of anilines is 1. The van der Waals surface area contributed by atoms with Gasteiger partial charge in [0, 0.05) is 37.9 Å². The first-order chi connectivity index (χ1) is 8.86. The lowest BCUT2D eigenvalue weighted by molar-refractivity contribution is 0.0955. The van der Waals surface area contributed by atoms with Gasteiger partial charge in [-0.05, 0) is 12.1 Å². The van der Waals surface area contributed by atoms with Gasteiger partial charge in [-0.2, -0.15) is 0 Å². The number of nitrogens with one attached hydrogen (secondary N) is 2. The van der Waals surface area contributed by atoms with Gasteiger partial charge in [0.05, 0.1) is 11.8 Å². The average molecular weight is 243 g/mol. The first-order valence-electron chi connectivity index (χ1n) is 5.54. The highest BCUT2D eigenvalue weighted by Crippen LogP contribution is 1.96. The normalized spacial score (nSPS) is 9.78. The van der Waals surface area contributed by atoms with Crippen LogP contribution in [0.2, 0.25) is 0 Å². The molecule has 0 aromatic carbocycles. The maximum Gasteiger partial charge on any atom is 0.252 e. The summed E-state index contributed by atoms with van der Waals surface area (Å²) in [5.74, 6) is 0.553. The van der Waals surface area contributed by atoms with E-state index in [1.807, 2.05) is 0 Å². The van der Waals surface area contributed by atoms with Gasteiger partial charge in [-0.15, -0.1) is 0 Å². The van der Waals surface area contributed by atoms with Gasteiger partial charge in [0.25, 0.3) is 5.91 Å². The monoisotopic (exact) mass is 243 g/mol. The van der Waals surface area contributed by atoms with Gasteiger partial charge < -0.3 is 10.6 Å². The summed E-state index contributed by atoms with van der Waals surface area (Å²) in [6, 6.07) is 3.45. The van der Waals surface area contributed by atoms with E-state index >= 15 is 0 Å². The molecule has 92 valence electrons. The number of hydrogen-bond donors (Lipinski definition) is 2. The second kappa shape index (κ2) is 6.29. The van der Waals surface area contributed by atoms with Crippen LogP contribution in [0.25, 0.3) is 0 Å². The van der Waals surface area contributed by atoms with Crippen molar-refractivity contribution in [3.8, 4) is 0 Å². The zero-order valence-corrected chi connectivity index (χ0v) is 9.71. The van der Waals surface area contributed by atoms with Crippen molar-refractivity contribution in [2.24, 2.45) is 0 Å². The molecule has 2 rings (SSSR count). The molecule has 2 N–H and O–H groups in total. The summed E-state index contributed by atoms with van der Waals surface area (Å²) in [4.78, 5) is 23.5. The van der Waals surface area contributed by atoms with Crippen molar-refractivity contribution >= 4 is 11.7 Å². The molecule has 2 aromatic rings. The van der Waals surface area contributed by atoms with Crippen LogP contribution >= 0.6 is 0 Å². The Morgan fingerprint density at radius 1 is 1.11 bits per heavy atom. The molecule has 0 bridgehead atoms.